The van der Waals surface area contributed by atoms with Crippen molar-refractivity contribution in [3.05, 3.63) is 22.4 Å². The smallest absolute Gasteiger partial charge is 0.313 e. The minimum Gasteiger partial charge on any atom is -0.481 e. The number of carboxylic acid groups (broad SMARTS) is 1. The molecule has 2 heterocycles. The molecule has 1 atom stereocenters. The lowest BCUT2D eigenvalue weighted by Gasteiger charge is -2.20. The van der Waals surface area contributed by atoms with Crippen molar-refractivity contribution in [2.24, 2.45) is 5.92 Å². The van der Waals surface area contributed by atoms with Crippen molar-refractivity contribution >= 4 is 29.1 Å². The van der Waals surface area contributed by atoms with Crippen LogP contribution in [0.15, 0.2) is 22.7 Å². The molecule has 2 aromatic heterocycles. The van der Waals surface area contributed by atoms with E-state index in [4.69, 9.17) is 5.11 Å². The fourth-order valence-corrected chi connectivity index (χ4v) is 3.38. The monoisotopic (exact) mass is 298 g/mol. The number of hydrogen-bond donors (Lipinski definition) is 1. The molecule has 0 bridgehead atoms. The van der Waals surface area contributed by atoms with Gasteiger partial charge in [-0.3, -0.25) is 4.79 Å². The Morgan fingerprint density at radius 1 is 1.58 bits per heavy atom. The van der Waals surface area contributed by atoms with E-state index < -0.39 is 5.97 Å². The van der Waals surface area contributed by atoms with Crippen molar-refractivity contribution < 1.29 is 9.90 Å². The minimum absolute atomic E-state index is 0.0336. The Balaban J connectivity index is 2.28. The Kier molecular flexibility index (Phi) is 4.54. The zero-order chi connectivity index (χ0) is 13.8. The van der Waals surface area contributed by atoms with Crippen LogP contribution in [-0.4, -0.2) is 37.0 Å². The Labute approximate surface area is 118 Å². The zero-order valence-electron chi connectivity index (χ0n) is 10.6. The second-order valence-corrected chi connectivity index (χ2v) is 6.21. The molecule has 0 aliphatic carbocycles. The molecule has 0 amide bonds. The van der Waals surface area contributed by atoms with Gasteiger partial charge in [0.1, 0.15) is 0 Å². The van der Waals surface area contributed by atoms with Gasteiger partial charge in [-0.1, -0.05) is 31.7 Å². The quantitative estimate of drug-likeness (QED) is 0.823. The standard InChI is InChI=1S/C11H14N4O2S2/c1-7(2)10(8-4-3-5-18-8)15-11(12-13-14-15)19-6-9(16)17/h3-5,7,10H,6H2,1-2H3,(H,16,17). The van der Waals surface area contributed by atoms with E-state index in [1.54, 1.807) is 16.0 Å². The largest absolute Gasteiger partial charge is 0.481 e. The van der Waals surface area contributed by atoms with E-state index >= 15 is 0 Å². The third-order valence-electron chi connectivity index (χ3n) is 2.52. The highest BCUT2D eigenvalue weighted by molar-refractivity contribution is 7.99. The van der Waals surface area contributed by atoms with Crippen LogP contribution in [0.25, 0.3) is 0 Å². The van der Waals surface area contributed by atoms with Crippen LogP contribution in [0.1, 0.15) is 24.8 Å². The summed E-state index contributed by atoms with van der Waals surface area (Å²) in [6.45, 7) is 4.19. The highest BCUT2D eigenvalue weighted by Crippen LogP contribution is 2.31. The Morgan fingerprint density at radius 3 is 2.95 bits per heavy atom. The summed E-state index contributed by atoms with van der Waals surface area (Å²) in [5, 5.41) is 22.9. The fraction of sp³-hybridized carbons (Fsp3) is 0.455. The molecule has 0 aliphatic heterocycles. The van der Waals surface area contributed by atoms with Gasteiger partial charge in [0.05, 0.1) is 11.8 Å². The molecule has 6 nitrogen and oxygen atoms in total. The van der Waals surface area contributed by atoms with E-state index in [1.165, 1.54) is 4.88 Å². The summed E-state index contributed by atoms with van der Waals surface area (Å²) >= 11 is 2.79. The maximum absolute atomic E-state index is 10.6. The number of thiophene rings is 1. The van der Waals surface area contributed by atoms with Crippen LogP contribution in [0.3, 0.4) is 0 Å². The second kappa shape index (κ2) is 6.16. The van der Waals surface area contributed by atoms with Gasteiger partial charge in [-0.15, -0.1) is 16.4 Å². The van der Waals surface area contributed by atoms with Crippen LogP contribution >= 0.6 is 23.1 Å². The number of carbonyl (C=O) groups is 1. The van der Waals surface area contributed by atoms with Crippen molar-refractivity contribution in [3.63, 3.8) is 0 Å². The van der Waals surface area contributed by atoms with Gasteiger partial charge in [0, 0.05) is 4.88 Å². The van der Waals surface area contributed by atoms with Crippen LogP contribution in [0.4, 0.5) is 0 Å². The molecule has 0 aromatic carbocycles. The first-order valence-electron chi connectivity index (χ1n) is 5.75. The molecule has 2 aromatic rings. The maximum Gasteiger partial charge on any atom is 0.313 e. The van der Waals surface area contributed by atoms with E-state index in [-0.39, 0.29) is 11.8 Å². The van der Waals surface area contributed by atoms with Gasteiger partial charge in [-0.25, -0.2) is 4.68 Å². The number of carboxylic acids is 1. The number of rotatable bonds is 6. The number of hydrogen-bond acceptors (Lipinski definition) is 6. The predicted molar refractivity (Wildman–Crippen MR) is 73.5 cm³/mol. The average Bonchev–Trinajstić information content (AvgIpc) is 2.98. The summed E-state index contributed by atoms with van der Waals surface area (Å²) in [5.41, 5.74) is 0. The highest BCUT2D eigenvalue weighted by atomic mass is 32.2. The summed E-state index contributed by atoms with van der Waals surface area (Å²) in [7, 11) is 0. The van der Waals surface area contributed by atoms with Crippen molar-refractivity contribution in [2.75, 3.05) is 5.75 Å². The SMILES string of the molecule is CC(C)C(c1cccs1)n1nnnc1SCC(=O)O. The van der Waals surface area contributed by atoms with Gasteiger partial charge in [0.25, 0.3) is 0 Å². The summed E-state index contributed by atoms with van der Waals surface area (Å²) < 4.78 is 1.71. The lowest BCUT2D eigenvalue weighted by atomic mass is 10.0. The molecule has 0 radical (unpaired) electrons. The maximum atomic E-state index is 10.6. The van der Waals surface area contributed by atoms with Gasteiger partial charge >= 0.3 is 5.97 Å². The van der Waals surface area contributed by atoms with Gasteiger partial charge in [0.15, 0.2) is 0 Å². The van der Waals surface area contributed by atoms with E-state index in [9.17, 15) is 4.79 Å². The van der Waals surface area contributed by atoms with Crippen LogP contribution < -0.4 is 0 Å². The van der Waals surface area contributed by atoms with Crippen LogP contribution in [-0.2, 0) is 4.79 Å². The first-order valence-corrected chi connectivity index (χ1v) is 7.62. The number of tetrazole rings is 1. The molecule has 19 heavy (non-hydrogen) atoms. The second-order valence-electron chi connectivity index (χ2n) is 4.29. The number of nitrogens with zero attached hydrogens (tertiary/aromatic N) is 4. The molecule has 1 unspecified atom stereocenters. The van der Waals surface area contributed by atoms with Crippen molar-refractivity contribution in [2.45, 2.75) is 25.0 Å². The average molecular weight is 298 g/mol. The summed E-state index contributed by atoms with van der Waals surface area (Å²) in [4.78, 5) is 11.8. The lowest BCUT2D eigenvalue weighted by molar-refractivity contribution is -0.133. The molecule has 102 valence electrons. The molecule has 2 rings (SSSR count). The van der Waals surface area contributed by atoms with E-state index in [0.717, 1.165) is 11.8 Å². The Bertz CT molecular complexity index is 539. The first kappa shape index (κ1) is 14.0. The summed E-state index contributed by atoms with van der Waals surface area (Å²) in [6.07, 6.45) is 0. The van der Waals surface area contributed by atoms with Gasteiger partial charge in [-0.05, 0) is 27.8 Å². The van der Waals surface area contributed by atoms with Crippen LogP contribution in [0.2, 0.25) is 0 Å². The van der Waals surface area contributed by atoms with E-state index in [2.05, 4.69) is 29.4 Å². The van der Waals surface area contributed by atoms with Crippen molar-refractivity contribution in [1.29, 1.82) is 0 Å². The Hall–Kier alpha value is -1.41. The van der Waals surface area contributed by atoms with Gasteiger partial charge in [-0.2, -0.15) is 0 Å². The molecule has 0 saturated carbocycles. The topological polar surface area (TPSA) is 80.9 Å². The molecular formula is C11H14N4O2S2. The molecule has 0 aliphatic rings. The first-order chi connectivity index (χ1) is 9.09. The minimum atomic E-state index is -0.878. The number of thioether (sulfide) groups is 1. The molecule has 0 fully saturated rings. The number of aliphatic carboxylic acids is 1. The van der Waals surface area contributed by atoms with Gasteiger partial charge < -0.3 is 5.11 Å². The van der Waals surface area contributed by atoms with Crippen molar-refractivity contribution in [1.82, 2.24) is 20.2 Å². The summed E-state index contributed by atoms with van der Waals surface area (Å²) in [6, 6.07) is 4.07. The molecular weight excluding hydrogens is 284 g/mol. The van der Waals surface area contributed by atoms with E-state index in [1.807, 2.05) is 17.5 Å². The van der Waals surface area contributed by atoms with Crippen LogP contribution in [0.5, 0.6) is 0 Å². The molecule has 0 saturated heterocycles. The lowest BCUT2D eigenvalue weighted by Crippen LogP contribution is -2.18. The fourth-order valence-electron chi connectivity index (χ4n) is 1.77. The molecule has 8 heteroatoms. The summed E-state index contributed by atoms with van der Waals surface area (Å²) in [5.74, 6) is -0.613. The normalized spacial score (nSPS) is 12.8. The zero-order valence-corrected chi connectivity index (χ0v) is 12.2. The van der Waals surface area contributed by atoms with Crippen LogP contribution in [0, 0.1) is 5.92 Å². The highest BCUT2D eigenvalue weighted by Gasteiger charge is 2.24. The van der Waals surface area contributed by atoms with E-state index in [0.29, 0.717) is 11.1 Å². The number of aromatic nitrogens is 4. The third kappa shape index (κ3) is 3.32. The third-order valence-corrected chi connectivity index (χ3v) is 4.38. The molecule has 1 N–H and O–H groups in total. The predicted octanol–water partition coefficient (Wildman–Crippen LogP) is 2.16. The van der Waals surface area contributed by atoms with Crippen molar-refractivity contribution in [3.8, 4) is 0 Å². The molecule has 0 spiro atoms. The van der Waals surface area contributed by atoms with Gasteiger partial charge in [0.2, 0.25) is 5.16 Å². The Morgan fingerprint density at radius 2 is 2.37 bits per heavy atom.